The van der Waals surface area contributed by atoms with Crippen LogP contribution in [-0.2, 0) is 0 Å². The van der Waals surface area contributed by atoms with Crippen LogP contribution < -0.4 is 0 Å². The summed E-state index contributed by atoms with van der Waals surface area (Å²) in [5, 5.41) is 0. The van der Waals surface area contributed by atoms with E-state index in [4.69, 9.17) is 0 Å². The third-order valence-electron chi connectivity index (χ3n) is 2.85. The van der Waals surface area contributed by atoms with E-state index >= 15 is 0 Å². The average Bonchev–Trinajstić information content (AvgIpc) is 2.65. The van der Waals surface area contributed by atoms with Crippen LogP contribution >= 0.6 is 27.3 Å². The van der Waals surface area contributed by atoms with E-state index in [0.717, 1.165) is 40.5 Å². The van der Waals surface area contributed by atoms with Gasteiger partial charge in [0.05, 0.1) is 8.66 Å². The average molecular weight is 288 g/mol. The van der Waals surface area contributed by atoms with Gasteiger partial charge in [0.15, 0.2) is 0 Å². The summed E-state index contributed by atoms with van der Waals surface area (Å²) >= 11 is 4.90. The van der Waals surface area contributed by atoms with Gasteiger partial charge in [0.25, 0.3) is 5.91 Å². The number of rotatable bonds is 1. The minimum absolute atomic E-state index is 0.192. The summed E-state index contributed by atoms with van der Waals surface area (Å²) in [6.07, 6.45) is 2.27. The molecule has 2 nitrogen and oxygen atoms in total. The van der Waals surface area contributed by atoms with Gasteiger partial charge in [-0.1, -0.05) is 6.92 Å². The molecule has 82 valence electrons. The Balaban J connectivity index is 2.02. The first-order chi connectivity index (χ1) is 7.16. The predicted octanol–water partition coefficient (Wildman–Crippen LogP) is 3.38. The van der Waals surface area contributed by atoms with Crippen molar-refractivity contribution in [1.29, 1.82) is 0 Å². The van der Waals surface area contributed by atoms with Crippen molar-refractivity contribution in [2.45, 2.75) is 19.8 Å². The number of likely N-dealkylation sites (tertiary alicyclic amines) is 1. The molecule has 1 aliphatic heterocycles. The molecular weight excluding hydrogens is 274 g/mol. The molecule has 4 heteroatoms. The number of piperidine rings is 1. The molecule has 0 unspecified atom stereocenters. The Morgan fingerprint density at radius 3 is 2.67 bits per heavy atom. The van der Waals surface area contributed by atoms with Crippen LogP contribution in [0, 0.1) is 5.92 Å². The lowest BCUT2D eigenvalue weighted by atomic mass is 9.99. The Bertz CT molecular complexity index is 355. The van der Waals surface area contributed by atoms with Crippen molar-refractivity contribution in [3.05, 3.63) is 20.8 Å². The van der Waals surface area contributed by atoms with E-state index < -0.39 is 0 Å². The summed E-state index contributed by atoms with van der Waals surface area (Å²) in [6.45, 7) is 4.08. The van der Waals surface area contributed by atoms with Crippen molar-refractivity contribution in [3.63, 3.8) is 0 Å². The van der Waals surface area contributed by atoms with Crippen LogP contribution in [0.15, 0.2) is 15.9 Å². The standard InChI is InChI=1S/C11H14BrNOS/c1-8-4-6-13(7-5-8)11(14)9-2-3-10(12)15-9/h2-3,8H,4-7H2,1H3. The lowest BCUT2D eigenvalue weighted by molar-refractivity contribution is 0.0702. The molecule has 1 aromatic rings. The molecule has 1 aliphatic rings. The van der Waals surface area contributed by atoms with Crippen molar-refractivity contribution in [1.82, 2.24) is 4.90 Å². The fourth-order valence-corrected chi connectivity index (χ4v) is 3.15. The highest BCUT2D eigenvalue weighted by molar-refractivity contribution is 9.11. The summed E-state index contributed by atoms with van der Waals surface area (Å²) in [5.74, 6) is 0.960. The molecule has 0 spiro atoms. The number of hydrogen-bond acceptors (Lipinski definition) is 2. The number of carbonyl (C=O) groups is 1. The van der Waals surface area contributed by atoms with Crippen LogP contribution in [0.1, 0.15) is 29.4 Å². The zero-order valence-electron chi connectivity index (χ0n) is 8.70. The lowest BCUT2D eigenvalue weighted by Gasteiger charge is -2.29. The van der Waals surface area contributed by atoms with Crippen molar-refractivity contribution in [2.24, 2.45) is 5.92 Å². The number of carbonyl (C=O) groups excluding carboxylic acids is 1. The smallest absolute Gasteiger partial charge is 0.263 e. The molecule has 0 bridgehead atoms. The summed E-state index contributed by atoms with van der Waals surface area (Å²) in [7, 11) is 0. The highest BCUT2D eigenvalue weighted by Gasteiger charge is 2.22. The van der Waals surface area contributed by atoms with E-state index in [-0.39, 0.29) is 5.91 Å². The van der Waals surface area contributed by atoms with Crippen LogP contribution in [0.5, 0.6) is 0 Å². The maximum atomic E-state index is 12.0. The molecular formula is C11H14BrNOS. The highest BCUT2D eigenvalue weighted by Crippen LogP contribution is 2.25. The number of amides is 1. The molecule has 1 fully saturated rings. The van der Waals surface area contributed by atoms with Gasteiger partial charge in [-0.25, -0.2) is 0 Å². The normalized spacial score (nSPS) is 18.1. The second kappa shape index (κ2) is 4.66. The molecule has 0 atom stereocenters. The number of halogens is 1. The minimum atomic E-state index is 0.192. The van der Waals surface area contributed by atoms with Gasteiger partial charge in [0.1, 0.15) is 0 Å². The van der Waals surface area contributed by atoms with Gasteiger partial charge >= 0.3 is 0 Å². The zero-order valence-corrected chi connectivity index (χ0v) is 11.1. The highest BCUT2D eigenvalue weighted by atomic mass is 79.9. The molecule has 0 aromatic carbocycles. The molecule has 2 heterocycles. The number of nitrogens with zero attached hydrogens (tertiary/aromatic N) is 1. The topological polar surface area (TPSA) is 20.3 Å². The SMILES string of the molecule is CC1CCN(C(=O)c2ccc(Br)s2)CC1. The van der Waals surface area contributed by atoms with E-state index in [0.29, 0.717) is 0 Å². The summed E-state index contributed by atoms with van der Waals surface area (Å²) in [4.78, 5) is 14.8. The van der Waals surface area contributed by atoms with Crippen molar-refractivity contribution in [2.75, 3.05) is 13.1 Å². The first-order valence-corrected chi connectivity index (χ1v) is 6.82. The van der Waals surface area contributed by atoms with Gasteiger partial charge in [-0.05, 0) is 46.8 Å². The van der Waals surface area contributed by atoms with Crippen molar-refractivity contribution >= 4 is 33.2 Å². The molecule has 0 saturated carbocycles. The van der Waals surface area contributed by atoms with Crippen LogP contribution in [0.25, 0.3) is 0 Å². The molecule has 0 aliphatic carbocycles. The third-order valence-corrected chi connectivity index (χ3v) is 4.47. The third kappa shape index (κ3) is 2.61. The quantitative estimate of drug-likeness (QED) is 0.775. The van der Waals surface area contributed by atoms with E-state index in [2.05, 4.69) is 22.9 Å². The summed E-state index contributed by atoms with van der Waals surface area (Å²) in [6, 6.07) is 3.83. The molecule has 0 N–H and O–H groups in total. The van der Waals surface area contributed by atoms with Gasteiger partial charge in [-0.15, -0.1) is 11.3 Å². The maximum Gasteiger partial charge on any atom is 0.263 e. The maximum absolute atomic E-state index is 12.0. The van der Waals surface area contributed by atoms with Crippen LogP contribution in [0.3, 0.4) is 0 Å². The van der Waals surface area contributed by atoms with Gasteiger partial charge in [0, 0.05) is 13.1 Å². The van der Waals surface area contributed by atoms with E-state index in [1.165, 1.54) is 11.3 Å². The van der Waals surface area contributed by atoms with E-state index in [1.807, 2.05) is 17.0 Å². The van der Waals surface area contributed by atoms with Crippen LogP contribution in [0.2, 0.25) is 0 Å². The van der Waals surface area contributed by atoms with E-state index in [9.17, 15) is 4.79 Å². The van der Waals surface area contributed by atoms with Crippen LogP contribution in [0.4, 0.5) is 0 Å². The fraction of sp³-hybridized carbons (Fsp3) is 0.545. The fourth-order valence-electron chi connectivity index (χ4n) is 1.80. The molecule has 1 aromatic heterocycles. The predicted molar refractivity (Wildman–Crippen MR) is 66.3 cm³/mol. The summed E-state index contributed by atoms with van der Waals surface area (Å²) in [5.41, 5.74) is 0. The van der Waals surface area contributed by atoms with Gasteiger partial charge in [-0.2, -0.15) is 0 Å². The molecule has 1 amide bonds. The van der Waals surface area contributed by atoms with Crippen molar-refractivity contribution in [3.8, 4) is 0 Å². The summed E-state index contributed by atoms with van der Waals surface area (Å²) < 4.78 is 1.02. The molecule has 15 heavy (non-hydrogen) atoms. The van der Waals surface area contributed by atoms with Gasteiger partial charge in [0.2, 0.25) is 0 Å². The minimum Gasteiger partial charge on any atom is -0.338 e. The second-order valence-corrected chi connectivity index (χ2v) is 6.54. The number of hydrogen-bond donors (Lipinski definition) is 0. The van der Waals surface area contributed by atoms with Gasteiger partial charge in [-0.3, -0.25) is 4.79 Å². The largest absolute Gasteiger partial charge is 0.338 e. The Kier molecular flexibility index (Phi) is 3.46. The van der Waals surface area contributed by atoms with Crippen LogP contribution in [-0.4, -0.2) is 23.9 Å². The molecule has 0 radical (unpaired) electrons. The Morgan fingerprint density at radius 1 is 1.47 bits per heavy atom. The zero-order chi connectivity index (χ0) is 10.8. The Hall–Kier alpha value is -0.350. The Morgan fingerprint density at radius 2 is 2.13 bits per heavy atom. The first kappa shape index (κ1) is 11.1. The Labute approximate surface area is 102 Å². The molecule has 1 saturated heterocycles. The lowest BCUT2D eigenvalue weighted by Crippen LogP contribution is -2.37. The van der Waals surface area contributed by atoms with Crippen molar-refractivity contribution < 1.29 is 4.79 Å². The van der Waals surface area contributed by atoms with Gasteiger partial charge < -0.3 is 4.90 Å². The molecule has 2 rings (SSSR count). The monoisotopic (exact) mass is 287 g/mol. The number of thiophene rings is 1. The second-order valence-electron chi connectivity index (χ2n) is 4.08. The first-order valence-electron chi connectivity index (χ1n) is 5.21. The van der Waals surface area contributed by atoms with E-state index in [1.54, 1.807) is 0 Å².